The van der Waals surface area contributed by atoms with Crippen molar-refractivity contribution in [3.63, 3.8) is 0 Å². The van der Waals surface area contributed by atoms with E-state index in [-0.39, 0.29) is 12.0 Å². The lowest BCUT2D eigenvalue weighted by Gasteiger charge is -2.25. The molecule has 106 valence electrons. The van der Waals surface area contributed by atoms with Crippen molar-refractivity contribution >= 4 is 15.9 Å². The molecule has 1 aliphatic heterocycles. The number of nitrogens with zero attached hydrogens (tertiary/aromatic N) is 2. The second kappa shape index (κ2) is 5.63. The lowest BCUT2D eigenvalue weighted by molar-refractivity contribution is 0.0590. The van der Waals surface area contributed by atoms with E-state index in [4.69, 9.17) is 15.0 Å². The molecule has 0 amide bonds. The summed E-state index contributed by atoms with van der Waals surface area (Å²) in [6, 6.07) is 6.04. The Bertz CT molecular complexity index is 614. The van der Waals surface area contributed by atoms with Gasteiger partial charge in [-0.1, -0.05) is 27.2 Å². The number of aromatic nitrogens is 2. The fourth-order valence-corrected chi connectivity index (χ4v) is 2.98. The van der Waals surface area contributed by atoms with Crippen molar-refractivity contribution in [3.8, 4) is 11.4 Å². The molecule has 1 aromatic carbocycles. The number of benzene rings is 1. The maximum Gasteiger partial charge on any atom is 0.233 e. The van der Waals surface area contributed by atoms with Gasteiger partial charge in [-0.15, -0.1) is 0 Å². The molecule has 0 aliphatic carbocycles. The van der Waals surface area contributed by atoms with Crippen molar-refractivity contribution in [2.45, 2.75) is 25.3 Å². The SMILES string of the molecule is Cc1ccc(-c2noc(C3COCCC3N)n2)c(Br)c1. The van der Waals surface area contributed by atoms with Crippen molar-refractivity contribution in [2.24, 2.45) is 5.73 Å². The first kappa shape index (κ1) is 13.7. The minimum absolute atomic E-state index is 0.0125. The van der Waals surface area contributed by atoms with Crippen LogP contribution in [-0.4, -0.2) is 29.4 Å². The molecule has 0 saturated carbocycles. The Balaban J connectivity index is 1.89. The summed E-state index contributed by atoms with van der Waals surface area (Å²) < 4.78 is 11.8. The van der Waals surface area contributed by atoms with E-state index in [1.165, 1.54) is 5.56 Å². The van der Waals surface area contributed by atoms with Crippen LogP contribution < -0.4 is 5.73 Å². The Morgan fingerprint density at radius 2 is 2.25 bits per heavy atom. The summed E-state index contributed by atoms with van der Waals surface area (Å²) in [6.45, 7) is 3.27. The maximum atomic E-state index is 6.09. The van der Waals surface area contributed by atoms with Gasteiger partial charge >= 0.3 is 0 Å². The molecule has 0 spiro atoms. The molecule has 1 aromatic heterocycles. The molecule has 2 aromatic rings. The van der Waals surface area contributed by atoms with Gasteiger partial charge in [-0.25, -0.2) is 0 Å². The lowest BCUT2D eigenvalue weighted by atomic mass is 9.97. The highest BCUT2D eigenvalue weighted by Crippen LogP contribution is 2.29. The highest BCUT2D eigenvalue weighted by atomic mass is 79.9. The van der Waals surface area contributed by atoms with Crippen molar-refractivity contribution in [1.82, 2.24) is 10.1 Å². The minimum atomic E-state index is -0.0192. The Kier molecular flexibility index (Phi) is 3.87. The number of halogens is 1. The Labute approximate surface area is 125 Å². The third-order valence-corrected chi connectivity index (χ3v) is 4.19. The first-order valence-electron chi connectivity index (χ1n) is 6.58. The van der Waals surface area contributed by atoms with Gasteiger partial charge in [0.15, 0.2) is 0 Å². The molecule has 1 fully saturated rings. The third kappa shape index (κ3) is 2.63. The van der Waals surface area contributed by atoms with Gasteiger partial charge in [0.05, 0.1) is 12.5 Å². The number of hydrogen-bond donors (Lipinski definition) is 1. The summed E-state index contributed by atoms with van der Waals surface area (Å²) in [6.07, 6.45) is 0.816. The van der Waals surface area contributed by atoms with Crippen molar-refractivity contribution in [3.05, 3.63) is 34.1 Å². The van der Waals surface area contributed by atoms with Crippen LogP contribution in [0.4, 0.5) is 0 Å². The minimum Gasteiger partial charge on any atom is -0.381 e. The average molecular weight is 338 g/mol. The highest BCUT2D eigenvalue weighted by Gasteiger charge is 2.29. The quantitative estimate of drug-likeness (QED) is 0.911. The van der Waals surface area contributed by atoms with E-state index in [2.05, 4.69) is 26.1 Å². The first-order chi connectivity index (χ1) is 9.65. The summed E-state index contributed by atoms with van der Waals surface area (Å²) in [5.74, 6) is 1.11. The maximum absolute atomic E-state index is 6.09. The molecule has 20 heavy (non-hydrogen) atoms. The highest BCUT2D eigenvalue weighted by molar-refractivity contribution is 9.10. The van der Waals surface area contributed by atoms with E-state index in [1.54, 1.807) is 0 Å². The summed E-state index contributed by atoms with van der Waals surface area (Å²) in [7, 11) is 0. The largest absolute Gasteiger partial charge is 0.381 e. The number of hydrogen-bond acceptors (Lipinski definition) is 5. The number of ether oxygens (including phenoxy) is 1. The summed E-state index contributed by atoms with van der Waals surface area (Å²) in [5.41, 5.74) is 8.18. The molecule has 2 heterocycles. The zero-order valence-corrected chi connectivity index (χ0v) is 12.8. The Morgan fingerprint density at radius 3 is 3.00 bits per heavy atom. The third-order valence-electron chi connectivity index (χ3n) is 3.53. The molecule has 5 nitrogen and oxygen atoms in total. The van der Waals surface area contributed by atoms with Gasteiger partial charge in [0.25, 0.3) is 0 Å². The fourth-order valence-electron chi connectivity index (χ4n) is 2.31. The van der Waals surface area contributed by atoms with Gasteiger partial charge in [0, 0.05) is 22.7 Å². The predicted octanol–water partition coefficient (Wildman–Crippen LogP) is 2.64. The van der Waals surface area contributed by atoms with Crippen molar-refractivity contribution in [1.29, 1.82) is 0 Å². The van der Waals surface area contributed by atoms with Gasteiger partial charge in [0.1, 0.15) is 0 Å². The molecule has 1 aliphatic rings. The molecule has 0 radical (unpaired) electrons. The van der Waals surface area contributed by atoms with Gasteiger partial charge in [0.2, 0.25) is 11.7 Å². The normalized spacial score (nSPS) is 22.9. The van der Waals surface area contributed by atoms with Gasteiger partial charge in [-0.2, -0.15) is 4.98 Å². The van der Waals surface area contributed by atoms with Crippen molar-refractivity contribution in [2.75, 3.05) is 13.2 Å². The zero-order valence-electron chi connectivity index (χ0n) is 11.2. The topological polar surface area (TPSA) is 74.2 Å². The molecule has 2 atom stereocenters. The van der Waals surface area contributed by atoms with Crippen LogP contribution in [0.15, 0.2) is 27.2 Å². The second-order valence-corrected chi connectivity index (χ2v) is 5.93. The van der Waals surface area contributed by atoms with E-state index < -0.39 is 0 Å². The summed E-state index contributed by atoms with van der Waals surface area (Å²) in [4.78, 5) is 4.48. The van der Waals surface area contributed by atoms with Crippen LogP contribution in [0.5, 0.6) is 0 Å². The van der Waals surface area contributed by atoms with Crippen LogP contribution in [0.25, 0.3) is 11.4 Å². The van der Waals surface area contributed by atoms with Crippen LogP contribution >= 0.6 is 15.9 Å². The molecule has 2 N–H and O–H groups in total. The zero-order chi connectivity index (χ0) is 14.1. The van der Waals surface area contributed by atoms with Crippen molar-refractivity contribution < 1.29 is 9.26 Å². The van der Waals surface area contributed by atoms with Gasteiger partial charge in [-0.05, 0) is 31.0 Å². The molecule has 1 saturated heterocycles. The first-order valence-corrected chi connectivity index (χ1v) is 7.38. The second-order valence-electron chi connectivity index (χ2n) is 5.07. The van der Waals surface area contributed by atoms with Crippen LogP contribution in [0.3, 0.4) is 0 Å². The van der Waals surface area contributed by atoms with Gasteiger partial charge in [-0.3, -0.25) is 0 Å². The average Bonchev–Trinajstić information content (AvgIpc) is 2.88. The molecular formula is C14H16BrN3O2. The van der Waals surface area contributed by atoms with Crippen LogP contribution in [0.1, 0.15) is 23.8 Å². The lowest BCUT2D eigenvalue weighted by Crippen LogP contribution is -2.37. The van der Waals surface area contributed by atoms with Crippen LogP contribution in [0, 0.1) is 6.92 Å². The van der Waals surface area contributed by atoms with E-state index in [9.17, 15) is 0 Å². The molecule has 3 rings (SSSR count). The number of nitrogens with two attached hydrogens (primary N) is 1. The molecule has 0 bridgehead atoms. The standard InChI is InChI=1S/C14H16BrN3O2/c1-8-2-3-9(11(15)6-8)13-17-14(20-18-13)10-7-19-5-4-12(10)16/h2-3,6,10,12H,4-5,7,16H2,1H3. The molecule has 2 unspecified atom stereocenters. The summed E-state index contributed by atoms with van der Waals surface area (Å²) in [5, 5.41) is 4.06. The monoisotopic (exact) mass is 337 g/mol. The molecular weight excluding hydrogens is 322 g/mol. The van der Waals surface area contributed by atoms with Crippen LogP contribution in [0.2, 0.25) is 0 Å². The smallest absolute Gasteiger partial charge is 0.233 e. The molecule has 6 heteroatoms. The number of aryl methyl sites for hydroxylation is 1. The Hall–Kier alpha value is -1.24. The van der Waals surface area contributed by atoms with E-state index in [0.29, 0.717) is 24.9 Å². The predicted molar refractivity (Wildman–Crippen MR) is 78.3 cm³/mol. The van der Waals surface area contributed by atoms with E-state index in [0.717, 1.165) is 16.5 Å². The van der Waals surface area contributed by atoms with E-state index in [1.807, 2.05) is 25.1 Å². The van der Waals surface area contributed by atoms with E-state index >= 15 is 0 Å². The van der Waals surface area contributed by atoms with Crippen LogP contribution in [-0.2, 0) is 4.74 Å². The van der Waals surface area contributed by atoms with Gasteiger partial charge < -0.3 is 15.0 Å². The number of rotatable bonds is 2. The Morgan fingerprint density at radius 1 is 1.40 bits per heavy atom. The fraction of sp³-hybridized carbons (Fsp3) is 0.429. The summed E-state index contributed by atoms with van der Waals surface area (Å²) >= 11 is 3.53.